The fourth-order valence-electron chi connectivity index (χ4n) is 1.71. The van der Waals surface area contributed by atoms with Crippen molar-refractivity contribution in [3.05, 3.63) is 0 Å². The third-order valence-electron chi connectivity index (χ3n) is 2.89. The topological polar surface area (TPSA) is 41.6 Å². The average Bonchev–Trinajstić information content (AvgIpc) is 2.27. The number of thiol groups is 1. The SMILES string of the molecule is CC(C)COC(=O)NC1(C)CCN(SS)CC1. The van der Waals surface area contributed by atoms with Crippen molar-refractivity contribution in [2.75, 3.05) is 19.7 Å². The average molecular weight is 278 g/mol. The summed E-state index contributed by atoms with van der Waals surface area (Å²) >= 11 is 4.18. The van der Waals surface area contributed by atoms with Gasteiger partial charge in [-0.05, 0) is 36.7 Å². The number of amides is 1. The summed E-state index contributed by atoms with van der Waals surface area (Å²) < 4.78 is 7.33. The van der Waals surface area contributed by atoms with E-state index in [2.05, 4.69) is 28.2 Å². The van der Waals surface area contributed by atoms with Crippen molar-refractivity contribution in [3.8, 4) is 0 Å². The lowest BCUT2D eigenvalue weighted by Crippen LogP contribution is -2.52. The summed E-state index contributed by atoms with van der Waals surface area (Å²) in [6, 6.07) is 0. The zero-order valence-corrected chi connectivity index (χ0v) is 12.4. The van der Waals surface area contributed by atoms with Crippen LogP contribution >= 0.6 is 22.6 Å². The van der Waals surface area contributed by atoms with E-state index in [0.717, 1.165) is 25.9 Å². The molecule has 1 heterocycles. The Labute approximate surface area is 113 Å². The molecule has 0 bridgehead atoms. The number of piperidine rings is 1. The summed E-state index contributed by atoms with van der Waals surface area (Å²) in [6.45, 7) is 8.48. The number of hydrogen-bond acceptors (Lipinski definition) is 5. The molecule has 1 fully saturated rings. The molecule has 1 N–H and O–H groups in total. The molecule has 0 spiro atoms. The monoisotopic (exact) mass is 278 g/mol. The number of carbonyl (C=O) groups excluding carboxylic acids is 1. The van der Waals surface area contributed by atoms with Gasteiger partial charge in [-0.25, -0.2) is 9.10 Å². The van der Waals surface area contributed by atoms with Crippen molar-refractivity contribution in [3.63, 3.8) is 0 Å². The van der Waals surface area contributed by atoms with Gasteiger partial charge in [0.1, 0.15) is 0 Å². The van der Waals surface area contributed by atoms with Gasteiger partial charge in [0, 0.05) is 18.6 Å². The molecule has 1 saturated heterocycles. The Balaban J connectivity index is 2.32. The number of hydrogen-bond donors (Lipinski definition) is 2. The van der Waals surface area contributed by atoms with Crippen molar-refractivity contribution >= 4 is 28.7 Å². The highest BCUT2D eigenvalue weighted by molar-refractivity contribution is 8.67. The van der Waals surface area contributed by atoms with Crippen LogP contribution in [0.2, 0.25) is 0 Å². The van der Waals surface area contributed by atoms with E-state index in [1.807, 2.05) is 13.8 Å². The van der Waals surface area contributed by atoms with E-state index in [1.54, 1.807) is 0 Å². The van der Waals surface area contributed by atoms with Crippen LogP contribution in [-0.2, 0) is 4.74 Å². The van der Waals surface area contributed by atoms with Crippen LogP contribution in [0.4, 0.5) is 4.79 Å². The number of nitrogens with one attached hydrogen (secondary N) is 1. The molecule has 0 aromatic carbocycles. The van der Waals surface area contributed by atoms with Gasteiger partial charge < -0.3 is 10.1 Å². The fourth-order valence-corrected chi connectivity index (χ4v) is 2.55. The molecule has 0 saturated carbocycles. The molecule has 1 amide bonds. The van der Waals surface area contributed by atoms with Gasteiger partial charge in [0.15, 0.2) is 0 Å². The summed E-state index contributed by atoms with van der Waals surface area (Å²) in [7, 11) is 1.46. The summed E-state index contributed by atoms with van der Waals surface area (Å²) in [5, 5.41) is 2.97. The lowest BCUT2D eigenvalue weighted by molar-refractivity contribution is 0.113. The first-order valence-corrected chi connectivity index (χ1v) is 7.79. The third-order valence-corrected chi connectivity index (χ3v) is 4.18. The second-order valence-electron chi connectivity index (χ2n) is 5.19. The van der Waals surface area contributed by atoms with Gasteiger partial charge in [-0.15, -0.1) is 0 Å². The third kappa shape index (κ3) is 5.40. The predicted octanol–water partition coefficient (Wildman–Crippen LogP) is 2.72. The lowest BCUT2D eigenvalue weighted by Gasteiger charge is -2.38. The molecule has 1 rings (SSSR count). The second-order valence-corrected chi connectivity index (χ2v) is 6.36. The number of ether oxygens (including phenoxy) is 1. The maximum absolute atomic E-state index is 11.6. The molecule has 17 heavy (non-hydrogen) atoms. The van der Waals surface area contributed by atoms with Gasteiger partial charge >= 0.3 is 6.09 Å². The number of rotatable bonds is 4. The summed E-state index contributed by atoms with van der Waals surface area (Å²) in [5.41, 5.74) is -0.145. The quantitative estimate of drug-likeness (QED) is 0.471. The molecule has 1 aliphatic rings. The molecule has 0 aromatic heterocycles. The highest BCUT2D eigenvalue weighted by atomic mass is 33.1. The van der Waals surface area contributed by atoms with Crippen molar-refractivity contribution in [2.24, 2.45) is 5.92 Å². The predicted molar refractivity (Wildman–Crippen MR) is 75.1 cm³/mol. The van der Waals surface area contributed by atoms with Crippen LogP contribution in [0, 0.1) is 5.92 Å². The van der Waals surface area contributed by atoms with Gasteiger partial charge in [-0.3, -0.25) is 0 Å². The second kappa shape index (κ2) is 6.75. The molecule has 0 aromatic rings. The van der Waals surface area contributed by atoms with E-state index in [9.17, 15) is 4.79 Å². The van der Waals surface area contributed by atoms with E-state index < -0.39 is 0 Å². The number of carbonyl (C=O) groups is 1. The van der Waals surface area contributed by atoms with Crippen LogP contribution in [0.25, 0.3) is 0 Å². The molecule has 100 valence electrons. The maximum Gasteiger partial charge on any atom is 0.407 e. The molecule has 0 unspecified atom stereocenters. The van der Waals surface area contributed by atoms with Crippen molar-refractivity contribution in [2.45, 2.75) is 39.2 Å². The van der Waals surface area contributed by atoms with Crippen molar-refractivity contribution < 1.29 is 9.53 Å². The van der Waals surface area contributed by atoms with E-state index >= 15 is 0 Å². The fraction of sp³-hybridized carbons (Fsp3) is 0.909. The van der Waals surface area contributed by atoms with E-state index in [1.165, 1.54) is 11.0 Å². The van der Waals surface area contributed by atoms with E-state index in [-0.39, 0.29) is 11.6 Å². The minimum absolute atomic E-state index is 0.145. The highest BCUT2D eigenvalue weighted by Crippen LogP contribution is 2.27. The van der Waals surface area contributed by atoms with Crippen LogP contribution < -0.4 is 5.32 Å². The summed E-state index contributed by atoms with van der Waals surface area (Å²) in [6.07, 6.45) is 1.56. The standard InChI is InChI=1S/C11H22N2O2S2/c1-9(2)8-15-10(14)12-11(3)4-6-13(17-16)7-5-11/h9,16H,4-8H2,1-3H3,(H,12,14). The minimum Gasteiger partial charge on any atom is -0.449 e. The Hall–Kier alpha value is -0.0700. The molecular weight excluding hydrogens is 256 g/mol. The van der Waals surface area contributed by atoms with Gasteiger partial charge in [-0.1, -0.05) is 25.5 Å². The Morgan fingerprint density at radius 2 is 2.12 bits per heavy atom. The number of nitrogens with zero attached hydrogens (tertiary/aromatic N) is 1. The normalized spacial score (nSPS) is 20.3. The molecule has 0 radical (unpaired) electrons. The smallest absolute Gasteiger partial charge is 0.407 e. The Morgan fingerprint density at radius 3 is 2.59 bits per heavy atom. The van der Waals surface area contributed by atoms with Gasteiger partial charge in [0.2, 0.25) is 0 Å². The first kappa shape index (κ1) is 15.0. The first-order chi connectivity index (χ1) is 7.95. The Morgan fingerprint density at radius 1 is 1.53 bits per heavy atom. The summed E-state index contributed by atoms with van der Waals surface area (Å²) in [4.78, 5) is 11.6. The van der Waals surface area contributed by atoms with Gasteiger partial charge in [0.25, 0.3) is 0 Å². The van der Waals surface area contributed by atoms with Crippen LogP contribution in [0.3, 0.4) is 0 Å². The Bertz CT molecular complexity index is 254. The van der Waals surface area contributed by atoms with Crippen molar-refractivity contribution in [1.82, 2.24) is 9.62 Å². The Kier molecular flexibility index (Phi) is 5.95. The summed E-state index contributed by atoms with van der Waals surface area (Å²) in [5.74, 6) is 0.371. The van der Waals surface area contributed by atoms with E-state index in [0.29, 0.717) is 12.5 Å². The first-order valence-electron chi connectivity index (χ1n) is 5.96. The molecule has 6 heteroatoms. The van der Waals surface area contributed by atoms with E-state index in [4.69, 9.17) is 4.74 Å². The van der Waals surface area contributed by atoms with Gasteiger partial charge in [0.05, 0.1) is 6.61 Å². The van der Waals surface area contributed by atoms with Crippen LogP contribution in [0.5, 0.6) is 0 Å². The van der Waals surface area contributed by atoms with Gasteiger partial charge in [-0.2, -0.15) is 0 Å². The molecule has 4 nitrogen and oxygen atoms in total. The zero-order chi connectivity index (χ0) is 12.9. The zero-order valence-electron chi connectivity index (χ0n) is 10.7. The largest absolute Gasteiger partial charge is 0.449 e. The minimum atomic E-state index is -0.298. The molecule has 1 aliphatic heterocycles. The van der Waals surface area contributed by atoms with Crippen LogP contribution in [-0.4, -0.2) is 35.6 Å². The number of alkyl carbamates (subject to hydrolysis) is 1. The molecular formula is C11H22N2O2S2. The lowest BCUT2D eigenvalue weighted by atomic mass is 9.91. The highest BCUT2D eigenvalue weighted by Gasteiger charge is 2.31. The van der Waals surface area contributed by atoms with Crippen LogP contribution in [0.1, 0.15) is 33.6 Å². The molecule has 0 aliphatic carbocycles. The maximum atomic E-state index is 11.6. The van der Waals surface area contributed by atoms with Crippen LogP contribution in [0.15, 0.2) is 0 Å². The van der Waals surface area contributed by atoms with Crippen molar-refractivity contribution in [1.29, 1.82) is 0 Å². The molecule has 0 atom stereocenters.